The summed E-state index contributed by atoms with van der Waals surface area (Å²) in [6.45, 7) is 3.60. The molecule has 1 aromatic rings. The summed E-state index contributed by atoms with van der Waals surface area (Å²) >= 11 is 0. The average molecular weight is 313 g/mol. The van der Waals surface area contributed by atoms with Gasteiger partial charge in [0.25, 0.3) is 0 Å². The molecule has 1 fully saturated rings. The Morgan fingerprint density at radius 3 is 2.29 bits per heavy atom. The Morgan fingerprint density at radius 2 is 1.81 bits per heavy atom. The van der Waals surface area contributed by atoms with Gasteiger partial charge >= 0.3 is 5.97 Å². The summed E-state index contributed by atoms with van der Waals surface area (Å²) in [5.74, 6) is -1.06. The van der Waals surface area contributed by atoms with Crippen molar-refractivity contribution in [1.82, 2.24) is 4.31 Å². The van der Waals surface area contributed by atoms with Crippen LogP contribution in [0, 0.1) is 6.92 Å². The highest BCUT2D eigenvalue weighted by Crippen LogP contribution is 2.26. The van der Waals surface area contributed by atoms with Crippen LogP contribution in [-0.4, -0.2) is 56.2 Å². The zero-order valence-electron chi connectivity index (χ0n) is 12.0. The predicted octanol–water partition coefficient (Wildman–Crippen LogP) is 0.357. The molecule has 0 spiro atoms. The van der Waals surface area contributed by atoms with Gasteiger partial charge in [-0.1, -0.05) is 0 Å². The Bertz CT molecular complexity index is 664. The van der Waals surface area contributed by atoms with Crippen molar-refractivity contribution in [1.29, 1.82) is 0 Å². The lowest BCUT2D eigenvalue weighted by molar-refractivity contribution is 0.0698. The van der Waals surface area contributed by atoms with E-state index in [1.165, 1.54) is 10.6 Å². The maximum Gasteiger partial charge on any atom is 0.337 e. The van der Waals surface area contributed by atoms with Crippen molar-refractivity contribution >= 4 is 27.4 Å². The number of anilines is 2. The number of sulfonamides is 1. The number of aryl methyl sites for hydroxylation is 1. The van der Waals surface area contributed by atoms with Gasteiger partial charge in [-0.25, -0.2) is 13.2 Å². The predicted molar refractivity (Wildman–Crippen MR) is 81.2 cm³/mol. The smallest absolute Gasteiger partial charge is 0.337 e. The third-order valence-electron chi connectivity index (χ3n) is 3.67. The zero-order valence-corrected chi connectivity index (χ0v) is 12.9. The largest absolute Gasteiger partial charge is 0.478 e. The Morgan fingerprint density at radius 1 is 1.24 bits per heavy atom. The van der Waals surface area contributed by atoms with Gasteiger partial charge in [0.2, 0.25) is 10.0 Å². The van der Waals surface area contributed by atoms with Gasteiger partial charge in [-0.05, 0) is 24.6 Å². The second kappa shape index (κ2) is 5.53. The highest BCUT2D eigenvalue weighted by Gasteiger charge is 2.24. The normalized spacial score (nSPS) is 17.0. The summed E-state index contributed by atoms with van der Waals surface area (Å²) in [7, 11) is -3.18. The molecule has 116 valence electrons. The summed E-state index contributed by atoms with van der Waals surface area (Å²) in [6.07, 6.45) is 1.19. The molecule has 2 rings (SSSR count). The maximum absolute atomic E-state index is 11.5. The fraction of sp³-hybridized carbons (Fsp3) is 0.462. The molecule has 7 nitrogen and oxygen atoms in total. The molecule has 21 heavy (non-hydrogen) atoms. The van der Waals surface area contributed by atoms with Crippen LogP contribution in [0.5, 0.6) is 0 Å². The molecule has 0 unspecified atom stereocenters. The minimum absolute atomic E-state index is 0.0792. The number of carbonyl (C=O) groups is 1. The van der Waals surface area contributed by atoms with Crippen LogP contribution in [0.1, 0.15) is 15.9 Å². The minimum atomic E-state index is -3.18. The van der Waals surface area contributed by atoms with Gasteiger partial charge in [0.15, 0.2) is 0 Å². The van der Waals surface area contributed by atoms with Crippen LogP contribution in [0.2, 0.25) is 0 Å². The van der Waals surface area contributed by atoms with Crippen molar-refractivity contribution in [3.63, 3.8) is 0 Å². The number of carboxylic acids is 1. The van der Waals surface area contributed by atoms with Crippen molar-refractivity contribution in [2.75, 3.05) is 43.1 Å². The van der Waals surface area contributed by atoms with E-state index in [4.69, 9.17) is 5.73 Å². The number of nitrogen functional groups attached to an aromatic ring is 1. The van der Waals surface area contributed by atoms with Crippen molar-refractivity contribution in [3.8, 4) is 0 Å². The van der Waals surface area contributed by atoms with E-state index < -0.39 is 16.0 Å². The van der Waals surface area contributed by atoms with Gasteiger partial charge in [0.1, 0.15) is 0 Å². The fourth-order valence-electron chi connectivity index (χ4n) is 2.42. The molecular weight excluding hydrogens is 294 g/mol. The third kappa shape index (κ3) is 3.27. The molecule has 0 radical (unpaired) electrons. The number of aromatic carboxylic acids is 1. The molecule has 0 amide bonds. The van der Waals surface area contributed by atoms with Gasteiger partial charge in [0, 0.05) is 37.6 Å². The van der Waals surface area contributed by atoms with E-state index >= 15 is 0 Å². The molecule has 0 aliphatic carbocycles. The van der Waals surface area contributed by atoms with E-state index in [2.05, 4.69) is 0 Å². The lowest BCUT2D eigenvalue weighted by Crippen LogP contribution is -2.48. The van der Waals surface area contributed by atoms with Crippen LogP contribution in [0.3, 0.4) is 0 Å². The Labute approximate surface area is 124 Å². The molecule has 0 saturated carbocycles. The SMILES string of the molecule is Cc1cc(N2CCN(S(C)(=O)=O)CC2)cc(C(=O)O)c1N. The first-order valence-corrected chi connectivity index (χ1v) is 8.38. The van der Waals surface area contributed by atoms with E-state index in [0.717, 1.165) is 5.69 Å². The van der Waals surface area contributed by atoms with Crippen LogP contribution in [0.4, 0.5) is 11.4 Å². The van der Waals surface area contributed by atoms with E-state index in [-0.39, 0.29) is 11.3 Å². The molecule has 1 heterocycles. The Balaban J connectivity index is 2.23. The van der Waals surface area contributed by atoms with Gasteiger partial charge in [0.05, 0.1) is 11.8 Å². The molecule has 1 aromatic carbocycles. The van der Waals surface area contributed by atoms with Crippen molar-refractivity contribution in [3.05, 3.63) is 23.3 Å². The van der Waals surface area contributed by atoms with Crippen LogP contribution in [0.25, 0.3) is 0 Å². The molecule has 3 N–H and O–H groups in total. The van der Waals surface area contributed by atoms with Gasteiger partial charge in [-0.15, -0.1) is 0 Å². The fourth-order valence-corrected chi connectivity index (χ4v) is 3.24. The number of piperazine rings is 1. The number of rotatable bonds is 3. The number of nitrogens with two attached hydrogens (primary N) is 1. The lowest BCUT2D eigenvalue weighted by atomic mass is 10.1. The molecule has 1 aliphatic rings. The minimum Gasteiger partial charge on any atom is -0.478 e. The average Bonchev–Trinajstić information content (AvgIpc) is 2.40. The van der Waals surface area contributed by atoms with E-state index in [0.29, 0.717) is 31.7 Å². The monoisotopic (exact) mass is 313 g/mol. The topological polar surface area (TPSA) is 104 Å². The van der Waals surface area contributed by atoms with Crippen molar-refractivity contribution in [2.45, 2.75) is 6.92 Å². The van der Waals surface area contributed by atoms with E-state index in [1.807, 2.05) is 11.0 Å². The molecule has 0 bridgehead atoms. The summed E-state index contributed by atoms with van der Waals surface area (Å²) < 4.78 is 24.4. The number of carboxylic acid groups (broad SMARTS) is 1. The second-order valence-electron chi connectivity index (χ2n) is 5.18. The highest BCUT2D eigenvalue weighted by molar-refractivity contribution is 7.88. The molecule has 8 heteroatoms. The summed E-state index contributed by atoms with van der Waals surface area (Å²) in [5, 5.41) is 9.18. The quantitative estimate of drug-likeness (QED) is 0.781. The summed E-state index contributed by atoms with van der Waals surface area (Å²) in [4.78, 5) is 13.2. The molecule has 0 atom stereocenters. The molecular formula is C13H19N3O4S. The van der Waals surface area contributed by atoms with Crippen molar-refractivity contribution < 1.29 is 18.3 Å². The van der Waals surface area contributed by atoms with E-state index in [9.17, 15) is 18.3 Å². The number of hydrogen-bond donors (Lipinski definition) is 2. The van der Waals surface area contributed by atoms with Crippen molar-refractivity contribution in [2.24, 2.45) is 0 Å². The number of hydrogen-bond acceptors (Lipinski definition) is 5. The number of nitrogens with zero attached hydrogens (tertiary/aromatic N) is 2. The van der Waals surface area contributed by atoms with Gasteiger partial charge < -0.3 is 15.7 Å². The first-order chi connectivity index (χ1) is 9.70. The lowest BCUT2D eigenvalue weighted by Gasteiger charge is -2.35. The highest BCUT2D eigenvalue weighted by atomic mass is 32.2. The third-order valence-corrected chi connectivity index (χ3v) is 4.98. The molecule has 1 saturated heterocycles. The first kappa shape index (κ1) is 15.6. The van der Waals surface area contributed by atoms with Crippen LogP contribution in [-0.2, 0) is 10.0 Å². The molecule has 0 aromatic heterocycles. The second-order valence-corrected chi connectivity index (χ2v) is 7.16. The van der Waals surface area contributed by atoms with Crippen LogP contribution < -0.4 is 10.6 Å². The summed E-state index contributed by atoms with van der Waals surface area (Å²) in [5.41, 5.74) is 7.58. The summed E-state index contributed by atoms with van der Waals surface area (Å²) in [6, 6.07) is 3.37. The van der Waals surface area contributed by atoms with Crippen LogP contribution >= 0.6 is 0 Å². The van der Waals surface area contributed by atoms with Gasteiger partial charge in [-0.2, -0.15) is 4.31 Å². The first-order valence-electron chi connectivity index (χ1n) is 6.53. The van der Waals surface area contributed by atoms with E-state index in [1.54, 1.807) is 13.0 Å². The molecule has 1 aliphatic heterocycles. The van der Waals surface area contributed by atoms with Gasteiger partial charge in [-0.3, -0.25) is 0 Å². The Hall–Kier alpha value is -1.80. The van der Waals surface area contributed by atoms with Crippen LogP contribution in [0.15, 0.2) is 12.1 Å². The standard InChI is InChI=1S/C13H19N3O4S/c1-9-7-10(8-11(12(9)14)13(17)18)15-3-5-16(6-4-15)21(2,19)20/h7-8H,3-6,14H2,1-2H3,(H,17,18). The zero-order chi connectivity index (χ0) is 15.8. The number of benzene rings is 1. The Kier molecular flexibility index (Phi) is 4.11. The maximum atomic E-state index is 11.5.